The summed E-state index contributed by atoms with van der Waals surface area (Å²) in [6.07, 6.45) is 3.42. The van der Waals surface area contributed by atoms with E-state index in [0.717, 1.165) is 28.3 Å². The molecule has 0 aliphatic heterocycles. The van der Waals surface area contributed by atoms with Gasteiger partial charge in [-0.1, -0.05) is 30.0 Å². The predicted molar refractivity (Wildman–Crippen MR) is 104 cm³/mol. The second-order valence-electron chi connectivity index (χ2n) is 6.11. The van der Waals surface area contributed by atoms with Crippen LogP contribution in [0.1, 0.15) is 27.2 Å². The van der Waals surface area contributed by atoms with Gasteiger partial charge in [0.05, 0.1) is 17.6 Å². The lowest BCUT2D eigenvalue weighted by atomic mass is 10.0. The number of benzene rings is 1. The van der Waals surface area contributed by atoms with Crippen LogP contribution in [-0.2, 0) is 6.54 Å². The van der Waals surface area contributed by atoms with Crippen molar-refractivity contribution >= 4 is 17.5 Å². The van der Waals surface area contributed by atoms with Crippen LogP contribution in [0.2, 0.25) is 0 Å². The minimum absolute atomic E-state index is 0.0762. The molecule has 0 saturated heterocycles. The van der Waals surface area contributed by atoms with Crippen LogP contribution >= 0.6 is 11.8 Å². The Morgan fingerprint density at radius 2 is 2.04 bits per heavy atom. The lowest BCUT2D eigenvalue weighted by Crippen LogP contribution is -2.06. The van der Waals surface area contributed by atoms with E-state index in [0.29, 0.717) is 17.5 Å². The standard InChI is InChI=1S/C20H21N3O2S/c1-5-9-23-19(17-8-10-25-15(17)4)21-22-20(23)26-12-18(24)16-7-6-13(2)14(3)11-16/h5-8,10-11H,1,9,12H2,2-4H3. The minimum Gasteiger partial charge on any atom is -0.469 e. The summed E-state index contributed by atoms with van der Waals surface area (Å²) in [5, 5.41) is 9.24. The Morgan fingerprint density at radius 1 is 1.23 bits per heavy atom. The Labute approximate surface area is 157 Å². The van der Waals surface area contributed by atoms with Crippen molar-refractivity contribution in [1.29, 1.82) is 0 Å². The maximum absolute atomic E-state index is 12.5. The maximum atomic E-state index is 12.5. The van der Waals surface area contributed by atoms with Crippen molar-refractivity contribution in [2.45, 2.75) is 32.5 Å². The molecule has 0 aliphatic carbocycles. The van der Waals surface area contributed by atoms with Crippen molar-refractivity contribution in [3.8, 4) is 11.4 Å². The largest absolute Gasteiger partial charge is 0.469 e. The van der Waals surface area contributed by atoms with E-state index in [1.165, 1.54) is 17.3 Å². The number of carbonyl (C=O) groups is 1. The summed E-state index contributed by atoms with van der Waals surface area (Å²) in [4.78, 5) is 12.5. The van der Waals surface area contributed by atoms with Crippen molar-refractivity contribution in [3.63, 3.8) is 0 Å². The number of allylic oxidation sites excluding steroid dienone is 1. The van der Waals surface area contributed by atoms with Gasteiger partial charge in [-0.15, -0.1) is 16.8 Å². The molecule has 2 aromatic heterocycles. The van der Waals surface area contributed by atoms with E-state index >= 15 is 0 Å². The van der Waals surface area contributed by atoms with Crippen LogP contribution in [0.15, 0.2) is 52.8 Å². The van der Waals surface area contributed by atoms with E-state index < -0.39 is 0 Å². The predicted octanol–water partition coefficient (Wildman–Crippen LogP) is 4.62. The lowest BCUT2D eigenvalue weighted by Gasteiger charge is -2.07. The van der Waals surface area contributed by atoms with E-state index in [2.05, 4.69) is 16.8 Å². The molecule has 0 saturated carbocycles. The highest BCUT2D eigenvalue weighted by molar-refractivity contribution is 7.99. The summed E-state index contributed by atoms with van der Waals surface area (Å²) in [6, 6.07) is 7.66. The highest BCUT2D eigenvalue weighted by Gasteiger charge is 2.18. The van der Waals surface area contributed by atoms with Crippen LogP contribution in [0.25, 0.3) is 11.4 Å². The molecule has 5 nitrogen and oxygen atoms in total. The molecule has 134 valence electrons. The van der Waals surface area contributed by atoms with Crippen LogP contribution in [0.3, 0.4) is 0 Å². The first kappa shape index (κ1) is 18.2. The van der Waals surface area contributed by atoms with E-state index in [-0.39, 0.29) is 5.78 Å². The van der Waals surface area contributed by atoms with E-state index in [1.54, 1.807) is 12.3 Å². The first-order chi connectivity index (χ1) is 12.5. The van der Waals surface area contributed by atoms with Crippen molar-refractivity contribution in [2.75, 3.05) is 5.75 Å². The number of rotatable bonds is 7. The van der Waals surface area contributed by atoms with Gasteiger partial charge in [0, 0.05) is 12.1 Å². The molecule has 0 bridgehead atoms. The molecule has 2 heterocycles. The maximum Gasteiger partial charge on any atom is 0.192 e. The number of thioether (sulfide) groups is 1. The van der Waals surface area contributed by atoms with Crippen LogP contribution < -0.4 is 0 Å². The minimum atomic E-state index is 0.0762. The Morgan fingerprint density at radius 3 is 2.69 bits per heavy atom. The van der Waals surface area contributed by atoms with Gasteiger partial charge in [0.25, 0.3) is 0 Å². The van der Waals surface area contributed by atoms with Crippen LogP contribution in [-0.4, -0.2) is 26.3 Å². The molecule has 1 aromatic carbocycles. The Balaban J connectivity index is 1.80. The fourth-order valence-corrected chi connectivity index (χ4v) is 3.48. The highest BCUT2D eigenvalue weighted by atomic mass is 32.2. The molecular weight excluding hydrogens is 346 g/mol. The van der Waals surface area contributed by atoms with Gasteiger partial charge < -0.3 is 4.42 Å². The number of ketones is 1. The van der Waals surface area contributed by atoms with Crippen molar-refractivity contribution in [3.05, 3.63) is 65.6 Å². The van der Waals surface area contributed by atoms with E-state index in [9.17, 15) is 4.79 Å². The number of hydrogen-bond acceptors (Lipinski definition) is 5. The quantitative estimate of drug-likeness (QED) is 0.346. The van der Waals surface area contributed by atoms with E-state index in [1.807, 2.05) is 49.6 Å². The molecule has 3 rings (SSSR count). The Hall–Kier alpha value is -2.60. The summed E-state index contributed by atoms with van der Waals surface area (Å²) in [6.45, 7) is 10.3. The smallest absolute Gasteiger partial charge is 0.192 e. The molecule has 3 aromatic rings. The van der Waals surface area contributed by atoms with Crippen molar-refractivity contribution in [2.24, 2.45) is 0 Å². The fraction of sp³-hybridized carbons (Fsp3) is 0.250. The van der Waals surface area contributed by atoms with Gasteiger partial charge >= 0.3 is 0 Å². The van der Waals surface area contributed by atoms with E-state index in [4.69, 9.17) is 4.42 Å². The Kier molecular flexibility index (Phi) is 5.42. The number of aryl methyl sites for hydroxylation is 3. The molecule has 0 amide bonds. The zero-order chi connectivity index (χ0) is 18.7. The van der Waals surface area contributed by atoms with Gasteiger partial charge in [-0.05, 0) is 44.0 Å². The molecule has 0 aliphatic rings. The molecule has 0 fully saturated rings. The fourth-order valence-electron chi connectivity index (χ4n) is 2.63. The molecule has 0 N–H and O–H groups in total. The van der Waals surface area contributed by atoms with Crippen LogP contribution in [0.5, 0.6) is 0 Å². The van der Waals surface area contributed by atoms with Crippen LogP contribution in [0, 0.1) is 20.8 Å². The monoisotopic (exact) mass is 367 g/mol. The summed E-state index contributed by atoms with van der Waals surface area (Å²) in [5.74, 6) is 1.89. The first-order valence-electron chi connectivity index (χ1n) is 8.33. The lowest BCUT2D eigenvalue weighted by molar-refractivity contribution is 0.102. The number of Topliss-reactive ketones (excluding diaryl/α,β-unsaturated/α-hetero) is 1. The average molecular weight is 367 g/mol. The number of hydrogen-bond donors (Lipinski definition) is 0. The highest BCUT2D eigenvalue weighted by Crippen LogP contribution is 2.27. The normalized spacial score (nSPS) is 10.9. The second-order valence-corrected chi connectivity index (χ2v) is 7.05. The zero-order valence-corrected chi connectivity index (χ0v) is 16.0. The third kappa shape index (κ3) is 3.65. The van der Waals surface area contributed by atoms with Gasteiger partial charge in [0.1, 0.15) is 5.76 Å². The average Bonchev–Trinajstić information content (AvgIpc) is 3.21. The van der Waals surface area contributed by atoms with Gasteiger partial charge in [0.15, 0.2) is 16.8 Å². The molecule has 0 unspecified atom stereocenters. The Bertz CT molecular complexity index is 956. The third-order valence-corrected chi connectivity index (χ3v) is 5.26. The molecule has 26 heavy (non-hydrogen) atoms. The third-order valence-electron chi connectivity index (χ3n) is 4.29. The zero-order valence-electron chi connectivity index (χ0n) is 15.2. The molecule has 0 spiro atoms. The number of furan rings is 1. The van der Waals surface area contributed by atoms with Crippen molar-refractivity contribution in [1.82, 2.24) is 14.8 Å². The molecule has 6 heteroatoms. The number of aromatic nitrogens is 3. The van der Waals surface area contributed by atoms with Gasteiger partial charge in [0.2, 0.25) is 0 Å². The van der Waals surface area contributed by atoms with Gasteiger partial charge in [-0.2, -0.15) is 0 Å². The first-order valence-corrected chi connectivity index (χ1v) is 9.31. The number of nitrogens with zero attached hydrogens (tertiary/aromatic N) is 3. The summed E-state index contributed by atoms with van der Waals surface area (Å²) in [5.41, 5.74) is 3.92. The van der Waals surface area contributed by atoms with Crippen LogP contribution in [0.4, 0.5) is 0 Å². The summed E-state index contributed by atoms with van der Waals surface area (Å²) >= 11 is 1.39. The van der Waals surface area contributed by atoms with Crippen molar-refractivity contribution < 1.29 is 9.21 Å². The molecule has 0 radical (unpaired) electrons. The summed E-state index contributed by atoms with van der Waals surface area (Å²) < 4.78 is 7.32. The summed E-state index contributed by atoms with van der Waals surface area (Å²) in [7, 11) is 0. The van der Waals surface area contributed by atoms with Gasteiger partial charge in [-0.25, -0.2) is 0 Å². The number of carbonyl (C=O) groups excluding carboxylic acids is 1. The second kappa shape index (κ2) is 7.74. The topological polar surface area (TPSA) is 60.9 Å². The SMILES string of the molecule is C=CCn1c(SCC(=O)c2ccc(C)c(C)c2)nnc1-c1ccoc1C. The molecular formula is C20H21N3O2S. The van der Waals surface area contributed by atoms with Gasteiger partial charge in [-0.3, -0.25) is 9.36 Å². The molecule has 0 atom stereocenters.